The zero-order chi connectivity index (χ0) is 15.9. The Morgan fingerprint density at radius 2 is 1.95 bits per heavy atom. The third kappa shape index (κ3) is 4.90. The second kappa shape index (κ2) is 8.42. The molecule has 0 spiro atoms. The first-order valence-corrected chi connectivity index (χ1v) is 8.06. The van der Waals surface area contributed by atoms with Gasteiger partial charge in [0, 0.05) is 32.8 Å². The molecule has 0 unspecified atom stereocenters. The molecule has 122 valence electrons. The van der Waals surface area contributed by atoms with E-state index in [0.29, 0.717) is 11.8 Å². The molecule has 22 heavy (non-hydrogen) atoms. The molecule has 0 amide bonds. The van der Waals surface area contributed by atoms with Crippen LogP contribution in [0.2, 0.25) is 0 Å². The average Bonchev–Trinajstić information content (AvgIpc) is 2.91. The van der Waals surface area contributed by atoms with Crippen LogP contribution >= 0.6 is 0 Å². The van der Waals surface area contributed by atoms with Gasteiger partial charge >= 0.3 is 0 Å². The van der Waals surface area contributed by atoms with E-state index in [1.807, 2.05) is 6.08 Å². The molecule has 1 aromatic rings. The van der Waals surface area contributed by atoms with Crippen LogP contribution < -0.4 is 0 Å². The molecular weight excluding hydrogens is 279 g/mol. The van der Waals surface area contributed by atoms with Crippen LogP contribution in [0.1, 0.15) is 12.5 Å². The Balaban J connectivity index is 1.84. The predicted molar refractivity (Wildman–Crippen MR) is 89.1 cm³/mol. The number of nitrogens with zero attached hydrogens (tertiary/aromatic N) is 2. The van der Waals surface area contributed by atoms with E-state index >= 15 is 0 Å². The van der Waals surface area contributed by atoms with Crippen LogP contribution in [-0.4, -0.2) is 61.3 Å². The van der Waals surface area contributed by atoms with Crippen LogP contribution in [-0.2, 0) is 0 Å². The maximum atomic E-state index is 12.9. The summed E-state index contributed by atoms with van der Waals surface area (Å²) >= 11 is 0. The van der Waals surface area contributed by atoms with Gasteiger partial charge in [0.25, 0.3) is 0 Å². The van der Waals surface area contributed by atoms with E-state index in [1.54, 1.807) is 12.1 Å². The Hall–Kier alpha value is -1.23. The molecule has 1 N–H and O–H groups in total. The standard InChI is InChI=1S/C18H27FN2O/c1-3-20(2)11-16-12-21(13-17(16)14-22)10-4-5-15-6-8-18(19)9-7-15/h4-9,16-17,22H,3,10-14H2,1-2H3/t16-,17-/m1/s1. The van der Waals surface area contributed by atoms with Crippen molar-refractivity contribution < 1.29 is 9.50 Å². The summed E-state index contributed by atoms with van der Waals surface area (Å²) < 4.78 is 12.9. The van der Waals surface area contributed by atoms with Gasteiger partial charge in [-0.1, -0.05) is 31.2 Å². The van der Waals surface area contributed by atoms with Gasteiger partial charge < -0.3 is 10.0 Å². The summed E-state index contributed by atoms with van der Waals surface area (Å²) in [5, 5.41) is 9.57. The minimum Gasteiger partial charge on any atom is -0.396 e. The van der Waals surface area contributed by atoms with Gasteiger partial charge in [0.15, 0.2) is 0 Å². The molecule has 4 heteroatoms. The van der Waals surface area contributed by atoms with E-state index in [4.69, 9.17) is 0 Å². The van der Waals surface area contributed by atoms with Gasteiger partial charge in [0.2, 0.25) is 0 Å². The van der Waals surface area contributed by atoms with Gasteiger partial charge in [0.05, 0.1) is 0 Å². The largest absolute Gasteiger partial charge is 0.396 e. The van der Waals surface area contributed by atoms with Crippen LogP contribution in [0.4, 0.5) is 4.39 Å². The number of benzene rings is 1. The monoisotopic (exact) mass is 306 g/mol. The van der Waals surface area contributed by atoms with E-state index in [-0.39, 0.29) is 12.4 Å². The number of rotatable bonds is 7. The van der Waals surface area contributed by atoms with Gasteiger partial charge in [-0.05, 0) is 43.1 Å². The summed E-state index contributed by atoms with van der Waals surface area (Å²) in [5.74, 6) is 0.702. The fourth-order valence-electron chi connectivity index (χ4n) is 3.04. The van der Waals surface area contributed by atoms with Gasteiger partial charge in [-0.25, -0.2) is 4.39 Å². The summed E-state index contributed by atoms with van der Waals surface area (Å²) in [6, 6.07) is 6.53. The van der Waals surface area contributed by atoms with Crippen molar-refractivity contribution >= 4 is 6.08 Å². The molecule has 0 radical (unpaired) electrons. The Kier molecular flexibility index (Phi) is 6.55. The summed E-state index contributed by atoms with van der Waals surface area (Å²) in [7, 11) is 2.13. The summed E-state index contributed by atoms with van der Waals surface area (Å²) in [6.07, 6.45) is 4.15. The molecule has 2 atom stereocenters. The lowest BCUT2D eigenvalue weighted by Crippen LogP contribution is -2.31. The molecule has 1 fully saturated rings. The first-order chi connectivity index (χ1) is 10.6. The molecule has 0 aliphatic carbocycles. The van der Waals surface area contributed by atoms with Gasteiger partial charge in [-0.2, -0.15) is 0 Å². The maximum Gasteiger partial charge on any atom is 0.123 e. The third-order valence-corrected chi connectivity index (χ3v) is 4.52. The lowest BCUT2D eigenvalue weighted by Gasteiger charge is -2.22. The molecule has 1 saturated heterocycles. The van der Waals surface area contributed by atoms with Crippen LogP contribution in [0.15, 0.2) is 30.3 Å². The second-order valence-electron chi connectivity index (χ2n) is 6.23. The van der Waals surface area contributed by atoms with Crippen molar-refractivity contribution in [2.24, 2.45) is 11.8 Å². The van der Waals surface area contributed by atoms with Crippen molar-refractivity contribution in [2.75, 3.05) is 46.4 Å². The van der Waals surface area contributed by atoms with Crippen LogP contribution in [0.25, 0.3) is 6.08 Å². The first kappa shape index (κ1) is 17.1. The normalized spacial score (nSPS) is 23.0. The molecule has 1 aliphatic heterocycles. The number of aliphatic hydroxyl groups excluding tert-OH is 1. The van der Waals surface area contributed by atoms with Crippen molar-refractivity contribution in [1.82, 2.24) is 9.80 Å². The van der Waals surface area contributed by atoms with Crippen molar-refractivity contribution in [2.45, 2.75) is 6.92 Å². The zero-order valence-electron chi connectivity index (χ0n) is 13.6. The molecule has 0 saturated carbocycles. The Morgan fingerprint density at radius 1 is 1.27 bits per heavy atom. The highest BCUT2D eigenvalue weighted by molar-refractivity contribution is 5.48. The quantitative estimate of drug-likeness (QED) is 0.837. The van der Waals surface area contributed by atoms with Crippen LogP contribution in [0.3, 0.4) is 0 Å². The van der Waals surface area contributed by atoms with Crippen molar-refractivity contribution in [1.29, 1.82) is 0 Å². The first-order valence-electron chi connectivity index (χ1n) is 8.06. The van der Waals surface area contributed by atoms with Crippen molar-refractivity contribution in [3.8, 4) is 0 Å². The zero-order valence-corrected chi connectivity index (χ0v) is 13.6. The van der Waals surface area contributed by atoms with E-state index in [9.17, 15) is 9.50 Å². The number of aliphatic hydroxyl groups is 1. The highest BCUT2D eigenvalue weighted by Crippen LogP contribution is 2.23. The summed E-state index contributed by atoms with van der Waals surface area (Å²) in [6.45, 7) is 7.36. The van der Waals surface area contributed by atoms with E-state index in [1.165, 1.54) is 12.1 Å². The van der Waals surface area contributed by atoms with Gasteiger partial charge in [-0.3, -0.25) is 4.90 Å². The van der Waals surface area contributed by atoms with Crippen LogP contribution in [0.5, 0.6) is 0 Å². The predicted octanol–water partition coefficient (Wildman–Crippen LogP) is 2.33. The Labute approximate surface area is 133 Å². The lowest BCUT2D eigenvalue weighted by molar-refractivity contribution is 0.178. The van der Waals surface area contributed by atoms with Crippen LogP contribution in [0, 0.1) is 17.7 Å². The van der Waals surface area contributed by atoms with E-state index in [0.717, 1.165) is 38.3 Å². The maximum absolute atomic E-state index is 12.9. The SMILES string of the molecule is CCN(C)C[C@@H]1CN(CC=Cc2ccc(F)cc2)C[C@@H]1CO. The molecule has 1 aromatic carbocycles. The van der Waals surface area contributed by atoms with Crippen molar-refractivity contribution in [3.63, 3.8) is 0 Å². The van der Waals surface area contributed by atoms with E-state index < -0.39 is 0 Å². The molecule has 1 aliphatic rings. The third-order valence-electron chi connectivity index (χ3n) is 4.52. The summed E-state index contributed by atoms with van der Waals surface area (Å²) in [4.78, 5) is 4.69. The average molecular weight is 306 g/mol. The summed E-state index contributed by atoms with van der Waals surface area (Å²) in [5.41, 5.74) is 1.02. The van der Waals surface area contributed by atoms with Gasteiger partial charge in [-0.15, -0.1) is 0 Å². The smallest absolute Gasteiger partial charge is 0.123 e. The number of likely N-dealkylation sites (tertiary alicyclic amines) is 1. The topological polar surface area (TPSA) is 26.7 Å². The molecule has 1 heterocycles. The minimum absolute atomic E-state index is 0.203. The molecule has 2 rings (SSSR count). The Morgan fingerprint density at radius 3 is 2.59 bits per heavy atom. The van der Waals surface area contributed by atoms with Crippen molar-refractivity contribution in [3.05, 3.63) is 41.7 Å². The fraction of sp³-hybridized carbons (Fsp3) is 0.556. The molecule has 0 aromatic heterocycles. The second-order valence-corrected chi connectivity index (χ2v) is 6.23. The highest BCUT2D eigenvalue weighted by Gasteiger charge is 2.31. The number of halogens is 1. The van der Waals surface area contributed by atoms with Gasteiger partial charge in [0.1, 0.15) is 5.82 Å². The highest BCUT2D eigenvalue weighted by atomic mass is 19.1. The van der Waals surface area contributed by atoms with E-state index in [2.05, 4.69) is 29.8 Å². The lowest BCUT2D eigenvalue weighted by atomic mass is 9.96. The molecule has 3 nitrogen and oxygen atoms in total. The number of hydrogen-bond acceptors (Lipinski definition) is 3. The molecular formula is C18H27FN2O. The minimum atomic E-state index is -0.203. The fourth-order valence-corrected chi connectivity index (χ4v) is 3.04. The Bertz CT molecular complexity index is 474. The molecule has 0 bridgehead atoms. The number of hydrogen-bond donors (Lipinski definition) is 1.